The molecule has 0 bridgehead atoms. The van der Waals surface area contributed by atoms with Crippen LogP contribution in [0.3, 0.4) is 0 Å². The molecule has 1 saturated heterocycles. The van der Waals surface area contributed by atoms with Gasteiger partial charge in [0.25, 0.3) is 15.9 Å². The number of esters is 1. The van der Waals surface area contributed by atoms with Gasteiger partial charge in [-0.2, -0.15) is 9.30 Å². The van der Waals surface area contributed by atoms with Crippen LogP contribution in [-0.2, 0) is 30.8 Å². The van der Waals surface area contributed by atoms with E-state index in [9.17, 15) is 18.0 Å². The van der Waals surface area contributed by atoms with E-state index in [0.717, 1.165) is 10.2 Å². The second-order valence-electron chi connectivity index (χ2n) is 7.97. The van der Waals surface area contributed by atoms with E-state index in [0.29, 0.717) is 47.2 Å². The number of rotatable bonds is 8. The minimum atomic E-state index is -3.52. The Hall–Kier alpha value is -2.38. The molecular weight excluding hydrogens is 510 g/mol. The summed E-state index contributed by atoms with van der Waals surface area (Å²) in [6.45, 7) is 4.03. The Bertz CT molecular complexity index is 1370. The van der Waals surface area contributed by atoms with Gasteiger partial charge in [-0.3, -0.25) is 4.79 Å². The Balaban J connectivity index is 1.56. The summed E-state index contributed by atoms with van der Waals surface area (Å²) < 4.78 is 40.3. The van der Waals surface area contributed by atoms with Crippen molar-refractivity contribution in [2.45, 2.75) is 30.5 Å². The van der Waals surface area contributed by atoms with Gasteiger partial charge in [0.15, 0.2) is 4.80 Å². The first kappa shape index (κ1) is 25.7. The first-order valence-corrected chi connectivity index (χ1v) is 14.4. The van der Waals surface area contributed by atoms with Crippen molar-refractivity contribution in [1.29, 1.82) is 0 Å². The molecule has 0 atom stereocenters. The normalized spacial score (nSPS) is 16.1. The number of benzene rings is 1. The highest BCUT2D eigenvalue weighted by molar-refractivity contribution is 7.91. The fourth-order valence-electron chi connectivity index (χ4n) is 3.99. The monoisotopic (exact) mass is 537 g/mol. The molecule has 0 radical (unpaired) electrons. The number of fused-ring (bicyclic) bond motifs is 1. The Labute approximate surface area is 211 Å². The van der Waals surface area contributed by atoms with Crippen molar-refractivity contribution in [1.82, 2.24) is 8.87 Å². The predicted molar refractivity (Wildman–Crippen MR) is 134 cm³/mol. The maximum absolute atomic E-state index is 13.1. The fourth-order valence-corrected chi connectivity index (χ4v) is 7.70. The van der Waals surface area contributed by atoms with Crippen molar-refractivity contribution in [2.24, 2.45) is 10.9 Å². The second kappa shape index (κ2) is 11.1. The minimum absolute atomic E-state index is 0.261. The van der Waals surface area contributed by atoms with E-state index in [1.165, 1.54) is 34.1 Å². The third-order valence-electron chi connectivity index (χ3n) is 5.87. The first-order chi connectivity index (χ1) is 16.8. The van der Waals surface area contributed by atoms with Crippen molar-refractivity contribution in [3.05, 3.63) is 46.1 Å². The molecule has 2 aromatic heterocycles. The Morgan fingerprint density at radius 1 is 1.20 bits per heavy atom. The molecule has 0 N–H and O–H groups in total. The maximum Gasteiger partial charge on any atom is 0.337 e. The summed E-state index contributed by atoms with van der Waals surface area (Å²) in [6.07, 6.45) is 0.840. The number of hydrogen-bond donors (Lipinski definition) is 0. The van der Waals surface area contributed by atoms with E-state index in [2.05, 4.69) is 4.99 Å². The number of nitrogens with zero attached hydrogens (tertiary/aromatic N) is 3. The SMILES string of the molecule is CCOCCn1c(=NC(=O)C2CCN(S(=O)(=O)c3cccs3)CC2)sc2cc(C(=O)OC)ccc21. The smallest absolute Gasteiger partial charge is 0.337 e. The number of amides is 1. The summed E-state index contributed by atoms with van der Waals surface area (Å²) in [4.78, 5) is 30.0. The average molecular weight is 538 g/mol. The molecule has 4 rings (SSSR count). The number of thiazole rings is 1. The van der Waals surface area contributed by atoms with Crippen molar-refractivity contribution in [3.8, 4) is 0 Å². The van der Waals surface area contributed by atoms with Crippen LogP contribution >= 0.6 is 22.7 Å². The predicted octanol–water partition coefficient (Wildman–Crippen LogP) is 3.12. The second-order valence-corrected chi connectivity index (χ2v) is 12.1. The average Bonchev–Trinajstić information content (AvgIpc) is 3.52. The van der Waals surface area contributed by atoms with E-state index in [4.69, 9.17) is 9.47 Å². The highest BCUT2D eigenvalue weighted by Crippen LogP contribution is 2.27. The van der Waals surface area contributed by atoms with Crippen LogP contribution in [0.4, 0.5) is 0 Å². The number of thiophene rings is 1. The largest absolute Gasteiger partial charge is 0.465 e. The molecular formula is C23H27N3O6S3. The molecule has 1 aliphatic rings. The lowest BCUT2D eigenvalue weighted by Crippen LogP contribution is -2.40. The van der Waals surface area contributed by atoms with Crippen LogP contribution in [0.2, 0.25) is 0 Å². The number of sulfonamides is 1. The standard InChI is InChI=1S/C23H27N3O6S3/c1-3-32-13-12-26-18-7-6-17(22(28)31-2)15-19(18)34-23(26)24-21(27)16-8-10-25(11-9-16)35(29,30)20-5-4-14-33-20/h4-7,14-16H,3,8-13H2,1-2H3. The Kier molecular flexibility index (Phi) is 8.17. The van der Waals surface area contributed by atoms with Crippen molar-refractivity contribution < 1.29 is 27.5 Å². The van der Waals surface area contributed by atoms with Gasteiger partial charge in [0, 0.05) is 32.2 Å². The molecule has 1 aliphatic heterocycles. The number of ether oxygens (including phenoxy) is 2. The molecule has 1 amide bonds. The lowest BCUT2D eigenvalue weighted by molar-refractivity contribution is -0.122. The molecule has 0 saturated carbocycles. The van der Waals surface area contributed by atoms with Crippen LogP contribution in [0.1, 0.15) is 30.1 Å². The topological polar surface area (TPSA) is 107 Å². The zero-order valence-corrected chi connectivity index (χ0v) is 22.0. The number of hydrogen-bond acceptors (Lipinski definition) is 8. The maximum atomic E-state index is 13.1. The van der Waals surface area contributed by atoms with Crippen LogP contribution in [0.25, 0.3) is 10.2 Å². The molecule has 0 unspecified atom stereocenters. The van der Waals surface area contributed by atoms with Gasteiger partial charge < -0.3 is 14.0 Å². The van der Waals surface area contributed by atoms with Gasteiger partial charge in [0.2, 0.25) is 0 Å². The summed E-state index contributed by atoms with van der Waals surface area (Å²) in [5.74, 6) is -1.04. The number of carbonyl (C=O) groups excluding carboxylic acids is 2. The lowest BCUT2D eigenvalue weighted by atomic mass is 9.98. The molecule has 1 fully saturated rings. The molecule has 35 heavy (non-hydrogen) atoms. The quantitative estimate of drug-likeness (QED) is 0.323. The van der Waals surface area contributed by atoms with E-state index in [-0.39, 0.29) is 24.9 Å². The van der Waals surface area contributed by atoms with Crippen molar-refractivity contribution >= 4 is 54.8 Å². The Morgan fingerprint density at radius 3 is 2.63 bits per heavy atom. The first-order valence-electron chi connectivity index (χ1n) is 11.3. The highest BCUT2D eigenvalue weighted by Gasteiger charge is 2.32. The van der Waals surface area contributed by atoms with Gasteiger partial charge in [-0.25, -0.2) is 13.2 Å². The number of piperidine rings is 1. The third kappa shape index (κ3) is 5.56. The van der Waals surface area contributed by atoms with Gasteiger partial charge in [-0.05, 0) is 49.4 Å². The summed E-state index contributed by atoms with van der Waals surface area (Å²) in [7, 11) is -2.19. The molecule has 188 valence electrons. The lowest BCUT2D eigenvalue weighted by Gasteiger charge is -2.29. The van der Waals surface area contributed by atoms with E-state index in [1.807, 2.05) is 17.6 Å². The van der Waals surface area contributed by atoms with Gasteiger partial charge in [0.1, 0.15) is 4.21 Å². The van der Waals surface area contributed by atoms with Gasteiger partial charge in [0.05, 0.1) is 29.5 Å². The summed E-state index contributed by atoms with van der Waals surface area (Å²) >= 11 is 2.52. The van der Waals surface area contributed by atoms with Crippen LogP contribution in [0, 0.1) is 5.92 Å². The molecule has 1 aromatic carbocycles. The summed E-state index contributed by atoms with van der Waals surface area (Å²) in [5, 5.41) is 1.74. The van der Waals surface area contributed by atoms with Crippen molar-refractivity contribution in [2.75, 3.05) is 33.4 Å². The van der Waals surface area contributed by atoms with Gasteiger partial charge >= 0.3 is 5.97 Å². The van der Waals surface area contributed by atoms with E-state index >= 15 is 0 Å². The zero-order chi connectivity index (χ0) is 25.0. The molecule has 9 nitrogen and oxygen atoms in total. The minimum Gasteiger partial charge on any atom is -0.465 e. The summed E-state index contributed by atoms with van der Waals surface area (Å²) in [6, 6.07) is 8.56. The van der Waals surface area contributed by atoms with Crippen molar-refractivity contribution in [3.63, 3.8) is 0 Å². The van der Waals surface area contributed by atoms with Crippen LogP contribution in [0.5, 0.6) is 0 Å². The molecule has 0 spiro atoms. The molecule has 12 heteroatoms. The van der Waals surface area contributed by atoms with Crippen LogP contribution in [0.15, 0.2) is 44.9 Å². The van der Waals surface area contributed by atoms with E-state index < -0.39 is 16.0 Å². The van der Waals surface area contributed by atoms with Gasteiger partial charge in [-0.1, -0.05) is 17.4 Å². The van der Waals surface area contributed by atoms with Crippen LogP contribution in [-0.4, -0.2) is 62.6 Å². The Morgan fingerprint density at radius 2 is 1.97 bits per heavy atom. The number of methoxy groups -OCH3 is 1. The molecule has 3 heterocycles. The van der Waals surface area contributed by atoms with Crippen LogP contribution < -0.4 is 4.80 Å². The zero-order valence-electron chi connectivity index (χ0n) is 19.5. The number of aromatic nitrogens is 1. The third-order valence-corrected chi connectivity index (χ3v) is 10.2. The summed E-state index contributed by atoms with van der Waals surface area (Å²) in [5.41, 5.74) is 1.28. The van der Waals surface area contributed by atoms with E-state index in [1.54, 1.807) is 29.6 Å². The number of carbonyl (C=O) groups is 2. The van der Waals surface area contributed by atoms with Gasteiger partial charge in [-0.15, -0.1) is 11.3 Å². The molecule has 3 aromatic rings. The molecule has 0 aliphatic carbocycles. The highest BCUT2D eigenvalue weighted by atomic mass is 32.2. The fraction of sp³-hybridized carbons (Fsp3) is 0.435.